The summed E-state index contributed by atoms with van der Waals surface area (Å²) in [7, 11) is 0. The first-order valence-electron chi connectivity index (χ1n) is 6.51. The monoisotopic (exact) mass is 331 g/mol. The molecule has 0 N–H and O–H groups in total. The molecule has 0 saturated carbocycles. The first-order valence-corrected chi connectivity index (χ1v) is 7.68. The van der Waals surface area contributed by atoms with Gasteiger partial charge in [0.05, 0.1) is 4.47 Å². The van der Waals surface area contributed by atoms with Gasteiger partial charge in [-0.3, -0.25) is 0 Å². The number of nitrogens with zero attached hydrogens (tertiary/aromatic N) is 3. The number of hydrogen-bond donors (Lipinski definition) is 0. The van der Waals surface area contributed by atoms with Gasteiger partial charge in [-0.2, -0.15) is 4.98 Å². The summed E-state index contributed by atoms with van der Waals surface area (Å²) in [4.78, 5) is 10.6. The molecule has 5 heteroatoms. The van der Waals surface area contributed by atoms with Crippen LogP contribution in [0.25, 0.3) is 0 Å². The van der Waals surface area contributed by atoms with E-state index in [1.165, 1.54) is 19.3 Å². The highest BCUT2D eigenvalue weighted by Crippen LogP contribution is 2.30. The summed E-state index contributed by atoms with van der Waals surface area (Å²) < 4.78 is 0.926. The Morgan fingerprint density at radius 2 is 2.17 bits per heavy atom. The molecule has 1 fully saturated rings. The van der Waals surface area contributed by atoms with Crippen molar-refractivity contribution in [2.75, 3.05) is 18.0 Å². The molecule has 0 aliphatic carbocycles. The quantitative estimate of drug-likeness (QED) is 0.762. The van der Waals surface area contributed by atoms with Crippen molar-refractivity contribution in [2.24, 2.45) is 11.8 Å². The van der Waals surface area contributed by atoms with Gasteiger partial charge in [-0.25, -0.2) is 4.98 Å². The fraction of sp³-hybridized carbons (Fsp3) is 0.692. The van der Waals surface area contributed by atoms with Crippen LogP contribution in [0.4, 0.5) is 5.82 Å². The minimum absolute atomic E-state index is 0.317. The number of rotatable bonds is 2. The van der Waals surface area contributed by atoms with Gasteiger partial charge in [0.1, 0.15) is 5.82 Å². The molecule has 0 bridgehead atoms. The molecule has 1 saturated heterocycles. The molecular formula is C13H19BrClN3. The van der Waals surface area contributed by atoms with E-state index in [0.29, 0.717) is 5.28 Å². The highest BCUT2D eigenvalue weighted by Gasteiger charge is 2.21. The smallest absolute Gasteiger partial charge is 0.224 e. The number of anilines is 1. The van der Waals surface area contributed by atoms with E-state index < -0.39 is 0 Å². The number of halogens is 2. The summed E-state index contributed by atoms with van der Waals surface area (Å²) in [6, 6.07) is 0. The second-order valence-electron chi connectivity index (χ2n) is 5.23. The maximum Gasteiger partial charge on any atom is 0.224 e. The second-order valence-corrected chi connectivity index (χ2v) is 6.43. The maximum atomic E-state index is 5.89. The van der Waals surface area contributed by atoms with Crippen LogP contribution in [0.2, 0.25) is 5.28 Å². The number of aromatic nitrogens is 2. The highest BCUT2D eigenvalue weighted by molar-refractivity contribution is 9.10. The van der Waals surface area contributed by atoms with E-state index in [1.54, 1.807) is 6.20 Å². The molecule has 1 aliphatic rings. The lowest BCUT2D eigenvalue weighted by Crippen LogP contribution is -2.26. The third-order valence-corrected chi connectivity index (χ3v) is 4.45. The summed E-state index contributed by atoms with van der Waals surface area (Å²) >= 11 is 9.40. The van der Waals surface area contributed by atoms with Gasteiger partial charge in [0.15, 0.2) is 0 Å². The van der Waals surface area contributed by atoms with Gasteiger partial charge in [0.2, 0.25) is 5.28 Å². The average molecular weight is 333 g/mol. The van der Waals surface area contributed by atoms with Crippen molar-refractivity contribution in [3.8, 4) is 0 Å². The van der Waals surface area contributed by atoms with Crippen molar-refractivity contribution in [1.29, 1.82) is 0 Å². The highest BCUT2D eigenvalue weighted by atomic mass is 79.9. The van der Waals surface area contributed by atoms with E-state index in [2.05, 4.69) is 44.6 Å². The molecule has 1 atom stereocenters. The molecule has 2 rings (SSSR count). The van der Waals surface area contributed by atoms with E-state index in [1.807, 2.05) is 0 Å². The topological polar surface area (TPSA) is 29.0 Å². The van der Waals surface area contributed by atoms with Crippen LogP contribution in [-0.2, 0) is 0 Å². The van der Waals surface area contributed by atoms with Crippen molar-refractivity contribution < 1.29 is 0 Å². The fourth-order valence-corrected chi connectivity index (χ4v) is 3.13. The summed E-state index contributed by atoms with van der Waals surface area (Å²) in [6.07, 6.45) is 5.49. The zero-order chi connectivity index (χ0) is 13.1. The zero-order valence-electron chi connectivity index (χ0n) is 10.9. The van der Waals surface area contributed by atoms with E-state index in [-0.39, 0.29) is 0 Å². The van der Waals surface area contributed by atoms with Crippen molar-refractivity contribution in [3.63, 3.8) is 0 Å². The Morgan fingerprint density at radius 3 is 2.89 bits per heavy atom. The summed E-state index contributed by atoms with van der Waals surface area (Å²) in [5.41, 5.74) is 0. The van der Waals surface area contributed by atoms with Gasteiger partial charge in [0, 0.05) is 19.3 Å². The Kier molecular flexibility index (Phi) is 4.84. The van der Waals surface area contributed by atoms with Crippen LogP contribution in [0.3, 0.4) is 0 Å². The van der Waals surface area contributed by atoms with Crippen LogP contribution in [0, 0.1) is 11.8 Å². The minimum Gasteiger partial charge on any atom is -0.356 e. The third-order valence-electron chi connectivity index (χ3n) is 3.71. The predicted molar refractivity (Wildman–Crippen MR) is 79.1 cm³/mol. The van der Waals surface area contributed by atoms with E-state index in [4.69, 9.17) is 11.6 Å². The largest absolute Gasteiger partial charge is 0.356 e. The van der Waals surface area contributed by atoms with Crippen LogP contribution in [0.5, 0.6) is 0 Å². The third kappa shape index (κ3) is 3.35. The van der Waals surface area contributed by atoms with Crippen molar-refractivity contribution in [3.05, 3.63) is 16.0 Å². The Hall–Kier alpha value is -0.350. The SMILES string of the molecule is CC(C)C1CCCN(c2nc(Cl)ncc2Br)CC1. The first kappa shape index (κ1) is 14.1. The van der Waals surface area contributed by atoms with Gasteiger partial charge in [0.25, 0.3) is 0 Å². The summed E-state index contributed by atoms with van der Waals surface area (Å²) in [5.74, 6) is 2.52. The Morgan fingerprint density at radius 1 is 1.39 bits per heavy atom. The van der Waals surface area contributed by atoms with E-state index >= 15 is 0 Å². The van der Waals surface area contributed by atoms with Crippen molar-refractivity contribution in [1.82, 2.24) is 9.97 Å². The molecule has 0 aromatic carbocycles. The molecule has 2 heterocycles. The average Bonchev–Trinajstić information content (AvgIpc) is 2.58. The van der Waals surface area contributed by atoms with Gasteiger partial charge in [-0.1, -0.05) is 13.8 Å². The van der Waals surface area contributed by atoms with Gasteiger partial charge < -0.3 is 4.90 Å². The number of hydrogen-bond acceptors (Lipinski definition) is 3. The molecule has 0 radical (unpaired) electrons. The van der Waals surface area contributed by atoms with Gasteiger partial charge >= 0.3 is 0 Å². The molecule has 1 unspecified atom stereocenters. The lowest BCUT2D eigenvalue weighted by atomic mass is 9.89. The lowest BCUT2D eigenvalue weighted by Gasteiger charge is -2.23. The predicted octanol–water partition coefficient (Wildman–Crippen LogP) is 4.16. The molecule has 3 nitrogen and oxygen atoms in total. The van der Waals surface area contributed by atoms with E-state index in [9.17, 15) is 0 Å². The van der Waals surface area contributed by atoms with Crippen molar-refractivity contribution in [2.45, 2.75) is 33.1 Å². The Bertz CT molecular complexity index is 411. The van der Waals surface area contributed by atoms with Gasteiger partial charge in [-0.15, -0.1) is 0 Å². The fourth-order valence-electron chi connectivity index (χ4n) is 2.56. The minimum atomic E-state index is 0.317. The summed E-state index contributed by atoms with van der Waals surface area (Å²) in [5, 5.41) is 0.317. The molecular weight excluding hydrogens is 314 g/mol. The molecule has 1 aromatic heterocycles. The normalized spacial score (nSPS) is 21.2. The zero-order valence-corrected chi connectivity index (χ0v) is 13.2. The molecule has 0 amide bonds. The second kappa shape index (κ2) is 6.20. The lowest BCUT2D eigenvalue weighted by molar-refractivity contribution is 0.351. The maximum absolute atomic E-state index is 5.89. The van der Waals surface area contributed by atoms with Crippen LogP contribution < -0.4 is 4.90 Å². The summed E-state index contributed by atoms with van der Waals surface area (Å²) in [6.45, 7) is 6.74. The molecule has 100 valence electrons. The molecule has 1 aromatic rings. The Balaban J connectivity index is 2.12. The van der Waals surface area contributed by atoms with Crippen LogP contribution in [0.15, 0.2) is 10.7 Å². The standard InChI is InChI=1S/C13H19BrClN3/c1-9(2)10-4-3-6-18(7-5-10)12-11(14)8-16-13(15)17-12/h8-10H,3-7H2,1-2H3. The van der Waals surface area contributed by atoms with Gasteiger partial charge in [-0.05, 0) is 58.6 Å². The van der Waals surface area contributed by atoms with Crippen LogP contribution in [-0.4, -0.2) is 23.1 Å². The van der Waals surface area contributed by atoms with Crippen LogP contribution >= 0.6 is 27.5 Å². The van der Waals surface area contributed by atoms with E-state index in [0.717, 1.165) is 35.2 Å². The molecule has 0 spiro atoms. The van der Waals surface area contributed by atoms with Crippen molar-refractivity contribution >= 4 is 33.3 Å². The Labute approximate surface area is 122 Å². The molecule has 18 heavy (non-hydrogen) atoms. The molecule has 1 aliphatic heterocycles. The van der Waals surface area contributed by atoms with Crippen LogP contribution in [0.1, 0.15) is 33.1 Å². The first-order chi connectivity index (χ1) is 8.58.